The summed E-state index contributed by atoms with van der Waals surface area (Å²) in [6, 6.07) is 12.5. The van der Waals surface area contributed by atoms with Crippen LogP contribution < -0.4 is 5.32 Å². The summed E-state index contributed by atoms with van der Waals surface area (Å²) in [7, 11) is 0. The molecule has 1 unspecified atom stereocenters. The van der Waals surface area contributed by atoms with Crippen molar-refractivity contribution < 1.29 is 9.59 Å². The van der Waals surface area contributed by atoms with Crippen molar-refractivity contribution in [3.8, 4) is 0 Å². The van der Waals surface area contributed by atoms with Crippen LogP contribution in [0.25, 0.3) is 11.0 Å². The maximum atomic E-state index is 13.1. The lowest BCUT2D eigenvalue weighted by atomic mass is 9.97. The van der Waals surface area contributed by atoms with Gasteiger partial charge in [-0.3, -0.25) is 19.6 Å². The lowest BCUT2D eigenvalue weighted by Crippen LogP contribution is -2.43. The highest BCUT2D eigenvalue weighted by molar-refractivity contribution is 6.33. The van der Waals surface area contributed by atoms with Crippen LogP contribution in [0.2, 0.25) is 5.02 Å². The predicted molar refractivity (Wildman–Crippen MR) is 112 cm³/mol. The average molecular weight is 409 g/mol. The van der Waals surface area contributed by atoms with Gasteiger partial charge in [0.2, 0.25) is 0 Å². The number of hydrogen-bond donors (Lipinski definition) is 1. The van der Waals surface area contributed by atoms with Crippen LogP contribution in [0.3, 0.4) is 0 Å². The lowest BCUT2D eigenvalue weighted by molar-refractivity contribution is 0.0672. The fraction of sp³-hybridized carbons (Fsp3) is 0.273. The second-order valence-corrected chi connectivity index (χ2v) is 7.59. The second-order valence-electron chi connectivity index (χ2n) is 7.18. The van der Waals surface area contributed by atoms with Gasteiger partial charge in [-0.25, -0.2) is 0 Å². The molecule has 4 rings (SSSR count). The van der Waals surface area contributed by atoms with E-state index < -0.39 is 0 Å². The van der Waals surface area contributed by atoms with Crippen molar-refractivity contribution in [3.05, 3.63) is 71.0 Å². The van der Waals surface area contributed by atoms with E-state index in [1.807, 2.05) is 17.0 Å². The highest BCUT2D eigenvalue weighted by atomic mass is 35.5. The number of nitrogens with one attached hydrogen (secondary N) is 1. The number of piperidine rings is 1. The Hall–Kier alpha value is -2.99. The van der Waals surface area contributed by atoms with Crippen LogP contribution >= 0.6 is 11.6 Å². The maximum absolute atomic E-state index is 13.1. The zero-order valence-corrected chi connectivity index (χ0v) is 16.6. The van der Waals surface area contributed by atoms with Gasteiger partial charge in [0.25, 0.3) is 11.8 Å². The number of likely N-dealkylation sites (tertiary alicyclic amines) is 1. The fourth-order valence-corrected chi connectivity index (χ4v) is 3.95. The van der Waals surface area contributed by atoms with Crippen LogP contribution in [-0.2, 0) is 0 Å². The summed E-state index contributed by atoms with van der Waals surface area (Å²) >= 11 is 6.10. The van der Waals surface area contributed by atoms with Gasteiger partial charge in [-0.15, -0.1) is 0 Å². The molecule has 0 aliphatic carbocycles. The molecule has 1 N–H and O–H groups in total. The van der Waals surface area contributed by atoms with Gasteiger partial charge < -0.3 is 10.2 Å². The van der Waals surface area contributed by atoms with Gasteiger partial charge in [-0.1, -0.05) is 29.8 Å². The van der Waals surface area contributed by atoms with Crippen molar-refractivity contribution in [3.63, 3.8) is 0 Å². The van der Waals surface area contributed by atoms with E-state index in [1.165, 1.54) is 0 Å². The molecule has 2 aromatic carbocycles. The van der Waals surface area contributed by atoms with Crippen LogP contribution in [0.5, 0.6) is 0 Å². The highest BCUT2D eigenvalue weighted by Crippen LogP contribution is 2.22. The van der Waals surface area contributed by atoms with Gasteiger partial charge in [0.15, 0.2) is 0 Å². The van der Waals surface area contributed by atoms with E-state index in [4.69, 9.17) is 11.6 Å². The van der Waals surface area contributed by atoms with E-state index in [1.54, 1.807) is 42.7 Å². The van der Waals surface area contributed by atoms with E-state index in [-0.39, 0.29) is 17.7 Å². The molecule has 1 aromatic heterocycles. The molecule has 1 aliphatic rings. The normalized spacial score (nSPS) is 16.6. The molecule has 1 aliphatic heterocycles. The predicted octanol–water partition coefficient (Wildman–Crippen LogP) is 3.57. The Labute approximate surface area is 173 Å². The van der Waals surface area contributed by atoms with Gasteiger partial charge in [-0.05, 0) is 43.0 Å². The average Bonchev–Trinajstić information content (AvgIpc) is 2.77. The number of fused-ring (bicyclic) bond motifs is 1. The minimum atomic E-state index is -0.191. The Bertz CT molecular complexity index is 1050. The van der Waals surface area contributed by atoms with E-state index in [0.717, 1.165) is 12.8 Å². The molecule has 0 saturated carbocycles. The fourth-order valence-electron chi connectivity index (χ4n) is 3.73. The van der Waals surface area contributed by atoms with Gasteiger partial charge in [0.05, 0.1) is 21.7 Å². The summed E-state index contributed by atoms with van der Waals surface area (Å²) < 4.78 is 0. The quantitative estimate of drug-likeness (QED) is 0.716. The molecule has 1 saturated heterocycles. The first-order chi connectivity index (χ1) is 14.1. The summed E-state index contributed by atoms with van der Waals surface area (Å²) in [5.74, 6) is -0.0400. The number of amides is 2. The third kappa shape index (κ3) is 4.22. The van der Waals surface area contributed by atoms with Crippen LogP contribution in [-0.4, -0.2) is 46.3 Å². The number of benzene rings is 2. The molecule has 7 heteroatoms. The van der Waals surface area contributed by atoms with Crippen molar-refractivity contribution in [2.24, 2.45) is 5.92 Å². The third-order valence-corrected chi connectivity index (χ3v) is 5.53. The molecule has 2 heterocycles. The minimum Gasteiger partial charge on any atom is -0.352 e. The molecule has 1 atom stereocenters. The number of halogens is 1. The zero-order chi connectivity index (χ0) is 20.2. The van der Waals surface area contributed by atoms with Gasteiger partial charge in [0.1, 0.15) is 5.52 Å². The molecular weight excluding hydrogens is 388 g/mol. The first-order valence-electron chi connectivity index (χ1n) is 9.65. The van der Waals surface area contributed by atoms with Gasteiger partial charge >= 0.3 is 0 Å². The minimum absolute atomic E-state index is 0.0433. The standard InChI is InChI=1S/C22H21ClN4O2/c23-18-8-2-1-6-16(18)21(28)26-13-15-5-4-12-27(14-15)22(29)17-7-3-9-19-20(17)25-11-10-24-19/h1-3,6-11,15H,4-5,12-14H2,(H,26,28). The third-order valence-electron chi connectivity index (χ3n) is 5.21. The lowest BCUT2D eigenvalue weighted by Gasteiger charge is -2.33. The van der Waals surface area contributed by atoms with Crippen molar-refractivity contribution in [2.75, 3.05) is 19.6 Å². The van der Waals surface area contributed by atoms with Crippen LogP contribution in [0.15, 0.2) is 54.9 Å². The SMILES string of the molecule is O=C(NCC1CCCN(C(=O)c2cccc3nccnc23)C1)c1ccccc1Cl. The molecule has 0 bridgehead atoms. The van der Waals surface area contributed by atoms with Crippen molar-refractivity contribution in [1.82, 2.24) is 20.2 Å². The van der Waals surface area contributed by atoms with Crippen molar-refractivity contribution in [2.45, 2.75) is 12.8 Å². The van der Waals surface area contributed by atoms with Crippen LogP contribution in [0.4, 0.5) is 0 Å². The molecule has 29 heavy (non-hydrogen) atoms. The largest absolute Gasteiger partial charge is 0.352 e. The molecule has 0 radical (unpaired) electrons. The number of rotatable bonds is 4. The Kier molecular flexibility index (Phi) is 5.71. The first kappa shape index (κ1) is 19.3. The summed E-state index contributed by atoms with van der Waals surface area (Å²) in [4.78, 5) is 36.0. The molecule has 148 valence electrons. The summed E-state index contributed by atoms with van der Waals surface area (Å²) in [6.45, 7) is 1.80. The second kappa shape index (κ2) is 8.57. The zero-order valence-electron chi connectivity index (χ0n) is 15.8. The smallest absolute Gasteiger partial charge is 0.256 e. The summed E-state index contributed by atoms with van der Waals surface area (Å²) in [5.41, 5.74) is 2.36. The van der Waals surface area contributed by atoms with E-state index in [0.29, 0.717) is 46.8 Å². The van der Waals surface area contributed by atoms with Crippen molar-refractivity contribution in [1.29, 1.82) is 0 Å². The number of hydrogen-bond acceptors (Lipinski definition) is 4. The van der Waals surface area contributed by atoms with E-state index >= 15 is 0 Å². The topological polar surface area (TPSA) is 75.2 Å². The van der Waals surface area contributed by atoms with E-state index in [9.17, 15) is 9.59 Å². The molecule has 3 aromatic rings. The van der Waals surface area contributed by atoms with Crippen LogP contribution in [0, 0.1) is 5.92 Å². The Morgan fingerprint density at radius 1 is 1.07 bits per heavy atom. The number of carbonyl (C=O) groups excluding carboxylic acids is 2. The maximum Gasteiger partial charge on any atom is 0.256 e. The number of para-hydroxylation sites is 1. The van der Waals surface area contributed by atoms with Crippen molar-refractivity contribution >= 4 is 34.4 Å². The Morgan fingerprint density at radius 2 is 1.86 bits per heavy atom. The molecular formula is C22H21ClN4O2. The van der Waals surface area contributed by atoms with Gasteiger partial charge in [-0.2, -0.15) is 0 Å². The summed E-state index contributed by atoms with van der Waals surface area (Å²) in [5, 5.41) is 3.39. The van der Waals surface area contributed by atoms with Crippen LogP contribution in [0.1, 0.15) is 33.6 Å². The molecule has 2 amide bonds. The molecule has 1 fully saturated rings. The number of carbonyl (C=O) groups is 2. The molecule has 0 spiro atoms. The first-order valence-corrected chi connectivity index (χ1v) is 10.0. The highest BCUT2D eigenvalue weighted by Gasteiger charge is 2.26. The Balaban J connectivity index is 1.42. The molecule has 6 nitrogen and oxygen atoms in total. The monoisotopic (exact) mass is 408 g/mol. The summed E-state index contributed by atoms with van der Waals surface area (Å²) in [6.07, 6.45) is 5.08. The van der Waals surface area contributed by atoms with Gasteiger partial charge in [0, 0.05) is 32.0 Å². The number of aromatic nitrogens is 2. The number of nitrogens with zero attached hydrogens (tertiary/aromatic N) is 3. The Morgan fingerprint density at radius 3 is 2.72 bits per heavy atom. The van der Waals surface area contributed by atoms with E-state index in [2.05, 4.69) is 15.3 Å².